The summed E-state index contributed by atoms with van der Waals surface area (Å²) in [5.41, 5.74) is 1.21. The smallest absolute Gasteiger partial charge is 0.271 e. The van der Waals surface area contributed by atoms with Crippen LogP contribution >= 0.6 is 0 Å². The highest BCUT2D eigenvalue weighted by Crippen LogP contribution is 2.28. The SMILES string of the molecule is COc1ccc([C@@H](CC(C)C)NC(=O)CN(c2cc([N+](=O)[O-])ccc2C)S(C)(=O)=O)cc1. The lowest BCUT2D eigenvalue weighted by Gasteiger charge is -2.26. The highest BCUT2D eigenvalue weighted by Gasteiger charge is 2.26. The van der Waals surface area contributed by atoms with Crippen LogP contribution in [0, 0.1) is 23.0 Å². The van der Waals surface area contributed by atoms with Crippen LogP contribution in [0.2, 0.25) is 0 Å². The first kappa shape index (κ1) is 25.1. The summed E-state index contributed by atoms with van der Waals surface area (Å²) in [5.74, 6) is 0.447. The number of non-ortho nitro benzene ring substituents is 1. The topological polar surface area (TPSA) is 119 Å². The number of benzene rings is 2. The number of carbonyl (C=O) groups excluding carboxylic acids is 1. The minimum absolute atomic E-state index is 0.0988. The largest absolute Gasteiger partial charge is 0.497 e. The van der Waals surface area contributed by atoms with Gasteiger partial charge in [-0.05, 0) is 42.5 Å². The van der Waals surface area contributed by atoms with Gasteiger partial charge in [-0.1, -0.05) is 32.0 Å². The van der Waals surface area contributed by atoms with Crippen LogP contribution in [-0.2, 0) is 14.8 Å². The Hall–Kier alpha value is -3.14. The van der Waals surface area contributed by atoms with Crippen molar-refractivity contribution in [3.8, 4) is 5.75 Å². The number of nitrogens with one attached hydrogen (secondary N) is 1. The first-order chi connectivity index (χ1) is 14.9. The summed E-state index contributed by atoms with van der Waals surface area (Å²) in [5, 5.41) is 14.1. The van der Waals surface area contributed by atoms with Crippen LogP contribution in [0.25, 0.3) is 0 Å². The standard InChI is InChI=1S/C22H29N3O6S/c1-15(2)12-20(17-7-10-19(31-4)11-8-17)23-22(26)14-24(32(5,29)30)21-13-18(25(27)28)9-6-16(21)3/h6-11,13,15,20H,12,14H2,1-5H3,(H,23,26)/t20-/m1/s1. The van der Waals surface area contributed by atoms with E-state index in [4.69, 9.17) is 4.74 Å². The number of anilines is 1. The maximum absolute atomic E-state index is 12.9. The molecule has 2 aromatic carbocycles. The number of rotatable bonds is 10. The molecule has 0 radical (unpaired) electrons. The lowest BCUT2D eigenvalue weighted by atomic mass is 9.97. The maximum Gasteiger partial charge on any atom is 0.271 e. The van der Waals surface area contributed by atoms with Crippen LogP contribution in [-0.4, -0.2) is 39.2 Å². The van der Waals surface area contributed by atoms with Gasteiger partial charge in [0.05, 0.1) is 30.0 Å². The molecule has 0 saturated heterocycles. The van der Waals surface area contributed by atoms with E-state index in [0.29, 0.717) is 17.7 Å². The van der Waals surface area contributed by atoms with E-state index < -0.39 is 27.4 Å². The Bertz CT molecular complexity index is 1070. The van der Waals surface area contributed by atoms with Crippen molar-refractivity contribution in [3.05, 3.63) is 63.7 Å². The molecule has 1 N–H and O–H groups in total. The van der Waals surface area contributed by atoms with Crippen molar-refractivity contribution in [2.45, 2.75) is 33.2 Å². The number of nitrogens with zero attached hydrogens (tertiary/aromatic N) is 2. The van der Waals surface area contributed by atoms with Gasteiger partial charge in [-0.15, -0.1) is 0 Å². The quantitative estimate of drug-likeness (QED) is 0.425. The lowest BCUT2D eigenvalue weighted by Crippen LogP contribution is -2.42. The van der Waals surface area contributed by atoms with E-state index in [9.17, 15) is 23.3 Å². The Balaban J connectivity index is 2.32. The monoisotopic (exact) mass is 463 g/mol. The van der Waals surface area contributed by atoms with Crippen molar-refractivity contribution in [1.29, 1.82) is 0 Å². The molecule has 2 rings (SSSR count). The summed E-state index contributed by atoms with van der Waals surface area (Å²) >= 11 is 0. The molecule has 0 aliphatic heterocycles. The Morgan fingerprint density at radius 2 is 1.81 bits per heavy atom. The van der Waals surface area contributed by atoms with Crippen LogP contribution in [0.1, 0.15) is 37.4 Å². The van der Waals surface area contributed by atoms with Gasteiger partial charge in [0.25, 0.3) is 5.69 Å². The number of ether oxygens (including phenoxy) is 1. The summed E-state index contributed by atoms with van der Waals surface area (Å²) in [7, 11) is -2.31. The molecule has 2 aromatic rings. The molecule has 0 aromatic heterocycles. The Labute approximate surface area is 188 Å². The predicted molar refractivity (Wildman–Crippen MR) is 123 cm³/mol. The average Bonchev–Trinajstić information content (AvgIpc) is 2.71. The van der Waals surface area contributed by atoms with Crippen LogP contribution in [0.5, 0.6) is 5.75 Å². The van der Waals surface area contributed by atoms with E-state index >= 15 is 0 Å². The van der Waals surface area contributed by atoms with Gasteiger partial charge < -0.3 is 10.1 Å². The molecule has 32 heavy (non-hydrogen) atoms. The molecular weight excluding hydrogens is 434 g/mol. The van der Waals surface area contributed by atoms with E-state index in [0.717, 1.165) is 16.1 Å². The Morgan fingerprint density at radius 3 is 2.31 bits per heavy atom. The number of nitro benzene ring substituents is 1. The number of sulfonamides is 1. The van der Waals surface area contributed by atoms with Crippen LogP contribution < -0.4 is 14.4 Å². The Morgan fingerprint density at radius 1 is 1.19 bits per heavy atom. The molecule has 174 valence electrons. The zero-order chi connectivity index (χ0) is 24.1. The third-order valence-corrected chi connectivity index (χ3v) is 6.05. The number of methoxy groups -OCH3 is 1. The third-order valence-electron chi connectivity index (χ3n) is 4.92. The molecule has 0 saturated carbocycles. The van der Waals surface area contributed by atoms with Gasteiger partial charge in [0.1, 0.15) is 12.3 Å². The molecule has 0 bridgehead atoms. The maximum atomic E-state index is 12.9. The Kier molecular flexibility index (Phi) is 8.20. The summed E-state index contributed by atoms with van der Waals surface area (Å²) in [4.78, 5) is 23.5. The molecular formula is C22H29N3O6S. The summed E-state index contributed by atoms with van der Waals surface area (Å²) in [6.45, 7) is 5.19. The summed E-state index contributed by atoms with van der Waals surface area (Å²) < 4.78 is 31.0. The molecule has 1 atom stereocenters. The van der Waals surface area contributed by atoms with Crippen molar-refractivity contribution in [2.24, 2.45) is 5.92 Å². The number of hydrogen-bond acceptors (Lipinski definition) is 6. The predicted octanol–water partition coefficient (Wildman–Crippen LogP) is 3.58. The van der Waals surface area contributed by atoms with Gasteiger partial charge >= 0.3 is 0 Å². The van der Waals surface area contributed by atoms with Gasteiger partial charge in [-0.25, -0.2) is 8.42 Å². The number of nitro groups is 1. The minimum Gasteiger partial charge on any atom is -0.497 e. The van der Waals surface area contributed by atoms with Crippen molar-refractivity contribution < 1.29 is 22.9 Å². The van der Waals surface area contributed by atoms with Crippen molar-refractivity contribution in [1.82, 2.24) is 5.32 Å². The van der Waals surface area contributed by atoms with Crippen molar-refractivity contribution >= 4 is 27.3 Å². The fraction of sp³-hybridized carbons (Fsp3) is 0.409. The summed E-state index contributed by atoms with van der Waals surface area (Å²) in [6.07, 6.45) is 1.61. The zero-order valence-corrected chi connectivity index (χ0v) is 19.7. The van der Waals surface area contributed by atoms with Crippen LogP contribution in [0.3, 0.4) is 0 Å². The number of aryl methyl sites for hydroxylation is 1. The highest BCUT2D eigenvalue weighted by molar-refractivity contribution is 7.92. The van der Waals surface area contributed by atoms with Crippen molar-refractivity contribution in [2.75, 3.05) is 24.2 Å². The molecule has 10 heteroatoms. The first-order valence-electron chi connectivity index (χ1n) is 10.1. The van der Waals surface area contributed by atoms with Gasteiger partial charge in [0.15, 0.2) is 0 Å². The average molecular weight is 464 g/mol. The molecule has 1 amide bonds. The second-order valence-corrected chi connectivity index (χ2v) is 9.93. The number of carbonyl (C=O) groups is 1. The van der Waals surface area contributed by atoms with Gasteiger partial charge in [0, 0.05) is 12.1 Å². The molecule has 0 aliphatic carbocycles. The summed E-state index contributed by atoms with van der Waals surface area (Å²) in [6, 6.07) is 10.9. The van der Waals surface area contributed by atoms with E-state index in [2.05, 4.69) is 5.32 Å². The van der Waals surface area contributed by atoms with E-state index in [-0.39, 0.29) is 23.3 Å². The van der Waals surface area contributed by atoms with Gasteiger partial charge in [0.2, 0.25) is 15.9 Å². The molecule has 0 spiro atoms. The van der Waals surface area contributed by atoms with Gasteiger partial charge in [-0.3, -0.25) is 19.2 Å². The number of amides is 1. The third kappa shape index (κ3) is 6.68. The van der Waals surface area contributed by atoms with Crippen LogP contribution in [0.4, 0.5) is 11.4 Å². The molecule has 0 aliphatic rings. The van der Waals surface area contributed by atoms with E-state index in [1.165, 1.54) is 18.2 Å². The number of hydrogen-bond donors (Lipinski definition) is 1. The molecule has 0 heterocycles. The van der Waals surface area contributed by atoms with Crippen molar-refractivity contribution in [3.63, 3.8) is 0 Å². The highest BCUT2D eigenvalue weighted by atomic mass is 32.2. The second kappa shape index (κ2) is 10.4. The fourth-order valence-electron chi connectivity index (χ4n) is 3.32. The fourth-order valence-corrected chi connectivity index (χ4v) is 4.22. The second-order valence-electron chi connectivity index (χ2n) is 8.02. The molecule has 0 unspecified atom stereocenters. The van der Waals surface area contributed by atoms with Crippen LogP contribution in [0.15, 0.2) is 42.5 Å². The minimum atomic E-state index is -3.88. The molecule has 9 nitrogen and oxygen atoms in total. The molecule has 0 fully saturated rings. The lowest BCUT2D eigenvalue weighted by molar-refractivity contribution is -0.384. The van der Waals surface area contributed by atoms with Gasteiger partial charge in [-0.2, -0.15) is 0 Å². The van der Waals surface area contributed by atoms with E-state index in [1.54, 1.807) is 26.2 Å². The van der Waals surface area contributed by atoms with E-state index in [1.807, 2.05) is 26.0 Å². The zero-order valence-electron chi connectivity index (χ0n) is 18.9. The first-order valence-corrected chi connectivity index (χ1v) is 11.9. The normalized spacial score (nSPS) is 12.3.